The predicted molar refractivity (Wildman–Crippen MR) is 80.9 cm³/mol. The maximum absolute atomic E-state index is 5.95. The zero-order valence-corrected chi connectivity index (χ0v) is 14.0. The quantitative estimate of drug-likeness (QED) is 0.309. The fraction of sp³-hybridized carbons (Fsp3) is 1.00. The summed E-state index contributed by atoms with van der Waals surface area (Å²) in [4.78, 5) is 0. The Kier molecular flexibility index (Phi) is 11.8. The second kappa shape index (κ2) is 11.8. The fourth-order valence-electron chi connectivity index (χ4n) is 1.91. The number of hydrogen-bond acceptors (Lipinski definition) is 5. The molecule has 0 saturated heterocycles. The molecule has 0 aromatic carbocycles. The molecule has 0 spiro atoms. The van der Waals surface area contributed by atoms with E-state index >= 15 is 0 Å². The highest BCUT2D eigenvalue weighted by Gasteiger charge is 2.37. The van der Waals surface area contributed by atoms with Crippen LogP contribution in [0.25, 0.3) is 0 Å². The van der Waals surface area contributed by atoms with Crippen molar-refractivity contribution >= 4 is 8.80 Å². The summed E-state index contributed by atoms with van der Waals surface area (Å²) < 4.78 is 16.8. The Morgan fingerprint density at radius 1 is 1.11 bits per heavy atom. The fourth-order valence-corrected chi connectivity index (χ4v) is 3.97. The molecule has 0 rings (SSSR count). The van der Waals surface area contributed by atoms with Crippen molar-refractivity contribution in [3.8, 4) is 0 Å². The molecular formula is C13H32N2O3Si. The third-order valence-corrected chi connectivity index (χ3v) is 6.00. The van der Waals surface area contributed by atoms with Gasteiger partial charge < -0.3 is 19.0 Å². The van der Waals surface area contributed by atoms with Gasteiger partial charge in [0.15, 0.2) is 0 Å². The first kappa shape index (κ1) is 19.0. The topological polar surface area (TPSA) is 65.7 Å². The average molecular weight is 292 g/mol. The van der Waals surface area contributed by atoms with E-state index in [1.165, 1.54) is 0 Å². The summed E-state index contributed by atoms with van der Waals surface area (Å²) in [6.45, 7) is 5.64. The van der Waals surface area contributed by atoms with Crippen LogP contribution in [-0.4, -0.2) is 42.3 Å². The van der Waals surface area contributed by atoms with E-state index in [0.717, 1.165) is 44.7 Å². The highest BCUT2D eigenvalue weighted by Crippen LogP contribution is 2.16. The Bertz CT molecular complexity index is 204. The van der Waals surface area contributed by atoms with Crippen molar-refractivity contribution in [2.75, 3.05) is 27.5 Å². The molecule has 0 aliphatic carbocycles. The van der Waals surface area contributed by atoms with Crippen LogP contribution >= 0.6 is 0 Å². The van der Waals surface area contributed by atoms with Crippen molar-refractivity contribution in [2.45, 2.75) is 58.0 Å². The van der Waals surface area contributed by atoms with Gasteiger partial charge in [0, 0.05) is 26.3 Å². The van der Waals surface area contributed by atoms with Crippen LogP contribution in [0.15, 0.2) is 0 Å². The van der Waals surface area contributed by atoms with Gasteiger partial charge in [0.05, 0.1) is 6.73 Å². The summed E-state index contributed by atoms with van der Waals surface area (Å²) in [5.74, 6) is 0. The van der Waals surface area contributed by atoms with Crippen LogP contribution in [0.5, 0.6) is 0 Å². The molecule has 0 aromatic heterocycles. The van der Waals surface area contributed by atoms with Crippen LogP contribution in [0.1, 0.15) is 46.0 Å². The Hall–Kier alpha value is 0.0169. The van der Waals surface area contributed by atoms with Crippen LogP contribution in [0.4, 0.5) is 0 Å². The molecule has 0 radical (unpaired) electrons. The summed E-state index contributed by atoms with van der Waals surface area (Å²) in [6, 6.07) is 1.15. The molecule has 1 atom stereocenters. The van der Waals surface area contributed by atoms with Gasteiger partial charge in [0.25, 0.3) is 0 Å². The lowest BCUT2D eigenvalue weighted by atomic mass is 10.1. The van der Waals surface area contributed by atoms with Crippen LogP contribution in [0, 0.1) is 0 Å². The molecule has 0 bridgehead atoms. The maximum atomic E-state index is 5.95. The molecule has 0 aliphatic rings. The van der Waals surface area contributed by atoms with Crippen molar-refractivity contribution in [3.63, 3.8) is 0 Å². The Morgan fingerprint density at radius 2 is 1.79 bits per heavy atom. The molecule has 0 fully saturated rings. The molecule has 6 heteroatoms. The number of rotatable bonds is 13. The van der Waals surface area contributed by atoms with E-state index in [1.807, 2.05) is 0 Å². The third kappa shape index (κ3) is 8.72. The minimum atomic E-state index is -2.45. The minimum absolute atomic E-state index is 0.282. The van der Waals surface area contributed by atoms with Gasteiger partial charge in [-0.25, -0.2) is 0 Å². The second-order valence-corrected chi connectivity index (χ2v) is 7.79. The SMILES string of the molecule is CCCC[Si](OC)(OC)OCNCCC(N)CCC. The van der Waals surface area contributed by atoms with Gasteiger partial charge in [0.1, 0.15) is 0 Å². The van der Waals surface area contributed by atoms with Crippen LogP contribution in [0.2, 0.25) is 6.04 Å². The molecule has 5 nitrogen and oxygen atoms in total. The molecule has 3 N–H and O–H groups in total. The highest BCUT2D eigenvalue weighted by atomic mass is 28.4. The molecular weight excluding hydrogens is 260 g/mol. The van der Waals surface area contributed by atoms with Gasteiger partial charge in [-0.05, 0) is 25.8 Å². The lowest BCUT2D eigenvalue weighted by molar-refractivity contribution is 0.0893. The Labute approximate surface area is 119 Å². The molecule has 1 unspecified atom stereocenters. The molecule has 0 aromatic rings. The van der Waals surface area contributed by atoms with Gasteiger partial charge in [0.2, 0.25) is 0 Å². The van der Waals surface area contributed by atoms with Gasteiger partial charge in [-0.3, -0.25) is 5.32 Å². The predicted octanol–water partition coefficient (Wildman–Crippen LogP) is 2.10. The minimum Gasteiger partial charge on any atom is -0.377 e. The smallest absolute Gasteiger partial charge is 0.377 e. The van der Waals surface area contributed by atoms with E-state index in [9.17, 15) is 0 Å². The van der Waals surface area contributed by atoms with Crippen LogP contribution < -0.4 is 11.1 Å². The standard InChI is InChI=1S/C13H32N2O3Si/c1-5-7-11-19(16-3,17-4)18-12-15-10-9-13(14)8-6-2/h13,15H,5-12,14H2,1-4H3. The third-order valence-electron chi connectivity index (χ3n) is 3.20. The van der Waals surface area contributed by atoms with Gasteiger partial charge in [-0.1, -0.05) is 26.7 Å². The lowest BCUT2D eigenvalue weighted by Crippen LogP contribution is -2.46. The van der Waals surface area contributed by atoms with Gasteiger partial charge >= 0.3 is 8.80 Å². The highest BCUT2D eigenvalue weighted by molar-refractivity contribution is 6.60. The molecule has 116 valence electrons. The van der Waals surface area contributed by atoms with E-state index in [1.54, 1.807) is 14.2 Å². The number of nitrogens with two attached hydrogens (primary N) is 1. The molecule has 0 aliphatic heterocycles. The first-order valence-corrected chi connectivity index (χ1v) is 9.27. The van der Waals surface area contributed by atoms with Crippen LogP contribution in [0.3, 0.4) is 0 Å². The zero-order chi connectivity index (χ0) is 14.6. The molecule has 19 heavy (non-hydrogen) atoms. The number of unbranched alkanes of at least 4 members (excludes halogenated alkanes) is 1. The summed E-state index contributed by atoms with van der Waals surface area (Å²) in [7, 11) is 0.888. The van der Waals surface area contributed by atoms with Gasteiger partial charge in [-0.15, -0.1) is 0 Å². The summed E-state index contributed by atoms with van der Waals surface area (Å²) in [5, 5.41) is 3.25. The van der Waals surface area contributed by atoms with E-state index in [4.69, 9.17) is 19.0 Å². The average Bonchev–Trinajstić information content (AvgIpc) is 2.42. The van der Waals surface area contributed by atoms with E-state index < -0.39 is 8.80 Å². The van der Waals surface area contributed by atoms with Gasteiger partial charge in [-0.2, -0.15) is 0 Å². The van der Waals surface area contributed by atoms with Crippen molar-refractivity contribution in [1.82, 2.24) is 5.32 Å². The zero-order valence-electron chi connectivity index (χ0n) is 13.0. The molecule has 0 heterocycles. The number of hydrogen-bond donors (Lipinski definition) is 2. The second-order valence-electron chi connectivity index (χ2n) is 4.82. The molecule has 0 amide bonds. The van der Waals surface area contributed by atoms with Crippen molar-refractivity contribution < 1.29 is 13.3 Å². The monoisotopic (exact) mass is 292 g/mol. The maximum Gasteiger partial charge on any atom is 0.501 e. The van der Waals surface area contributed by atoms with Crippen molar-refractivity contribution in [3.05, 3.63) is 0 Å². The number of nitrogens with one attached hydrogen (secondary N) is 1. The molecule has 0 saturated carbocycles. The van der Waals surface area contributed by atoms with Crippen molar-refractivity contribution in [1.29, 1.82) is 0 Å². The van der Waals surface area contributed by atoms with E-state index in [-0.39, 0.29) is 6.04 Å². The van der Waals surface area contributed by atoms with Crippen LogP contribution in [-0.2, 0) is 13.3 Å². The summed E-state index contributed by atoms with van der Waals surface area (Å²) in [5.41, 5.74) is 5.95. The lowest BCUT2D eigenvalue weighted by Gasteiger charge is -2.26. The Balaban J connectivity index is 3.80. The van der Waals surface area contributed by atoms with E-state index in [0.29, 0.717) is 6.73 Å². The summed E-state index contributed by atoms with van der Waals surface area (Å²) >= 11 is 0. The normalized spacial score (nSPS) is 13.7. The Morgan fingerprint density at radius 3 is 2.32 bits per heavy atom. The largest absolute Gasteiger partial charge is 0.501 e. The van der Waals surface area contributed by atoms with Crippen molar-refractivity contribution in [2.24, 2.45) is 5.73 Å². The first-order valence-electron chi connectivity index (χ1n) is 7.34. The first-order chi connectivity index (χ1) is 9.14. The van der Waals surface area contributed by atoms with E-state index in [2.05, 4.69) is 19.2 Å². The summed E-state index contributed by atoms with van der Waals surface area (Å²) in [6.07, 6.45) is 5.37.